The van der Waals surface area contributed by atoms with Crippen LogP contribution in [0.5, 0.6) is 0 Å². The monoisotopic (exact) mass is 347 g/mol. The summed E-state index contributed by atoms with van der Waals surface area (Å²) < 4.78 is 1.94. The minimum Gasteiger partial charge on any atom is -0.342 e. The summed E-state index contributed by atoms with van der Waals surface area (Å²) in [5.74, 6) is 0.439. The number of hydrogen-bond acceptors (Lipinski definition) is 4. The van der Waals surface area contributed by atoms with Gasteiger partial charge in [-0.25, -0.2) is 0 Å². The minimum atomic E-state index is -0.369. The first-order valence-electron chi connectivity index (χ1n) is 9.25. The molecule has 2 aliphatic rings. The van der Waals surface area contributed by atoms with Crippen LogP contribution >= 0.6 is 0 Å². The van der Waals surface area contributed by atoms with Crippen LogP contribution in [0.15, 0.2) is 6.20 Å². The van der Waals surface area contributed by atoms with Gasteiger partial charge < -0.3 is 10.2 Å². The zero-order valence-electron chi connectivity index (χ0n) is 15.7. The van der Waals surface area contributed by atoms with Crippen molar-refractivity contribution in [1.82, 2.24) is 24.9 Å². The lowest BCUT2D eigenvalue weighted by Gasteiger charge is -2.45. The van der Waals surface area contributed by atoms with Gasteiger partial charge in [-0.15, -0.1) is 0 Å². The first kappa shape index (κ1) is 17.9. The molecule has 138 valence electrons. The summed E-state index contributed by atoms with van der Waals surface area (Å²) in [5, 5.41) is 7.42. The van der Waals surface area contributed by atoms with Crippen molar-refractivity contribution < 1.29 is 9.59 Å². The lowest BCUT2D eigenvalue weighted by Crippen LogP contribution is -2.69. The summed E-state index contributed by atoms with van der Waals surface area (Å²) in [6.07, 6.45) is 2.78. The first-order valence-corrected chi connectivity index (χ1v) is 9.25. The fourth-order valence-electron chi connectivity index (χ4n) is 3.75. The Hall–Kier alpha value is -1.89. The number of nitrogens with one attached hydrogen (secondary N) is 1. The molecule has 2 amide bonds. The van der Waals surface area contributed by atoms with Crippen molar-refractivity contribution in [3.63, 3.8) is 0 Å². The van der Waals surface area contributed by atoms with Crippen LogP contribution in [0.3, 0.4) is 0 Å². The second kappa shape index (κ2) is 7.15. The normalized spacial score (nSPS) is 24.6. The van der Waals surface area contributed by atoms with Gasteiger partial charge in [-0.1, -0.05) is 13.8 Å². The van der Waals surface area contributed by atoms with Gasteiger partial charge in [0.25, 0.3) is 0 Å². The SMILES string of the molecule is CCn1cc(CN2CCN3C(=O)[C@H](CC(C)C)NC(=O)[C@H]3C2)c(C)n1. The number of carbonyl (C=O) groups is 2. The molecular formula is C18H29N5O2. The van der Waals surface area contributed by atoms with E-state index in [-0.39, 0.29) is 23.9 Å². The van der Waals surface area contributed by atoms with Gasteiger partial charge in [0, 0.05) is 44.5 Å². The van der Waals surface area contributed by atoms with E-state index in [2.05, 4.69) is 42.3 Å². The zero-order valence-corrected chi connectivity index (χ0v) is 15.7. The molecule has 0 spiro atoms. The van der Waals surface area contributed by atoms with Crippen LogP contribution in [0.2, 0.25) is 0 Å². The van der Waals surface area contributed by atoms with Crippen molar-refractivity contribution >= 4 is 11.8 Å². The van der Waals surface area contributed by atoms with Crippen LogP contribution in [-0.4, -0.2) is 63.1 Å². The Kier molecular flexibility index (Phi) is 5.13. The number of aromatic nitrogens is 2. The van der Waals surface area contributed by atoms with Crippen LogP contribution in [0.4, 0.5) is 0 Å². The Balaban J connectivity index is 1.66. The zero-order chi connectivity index (χ0) is 18.1. The second-order valence-electron chi connectivity index (χ2n) is 7.57. The van der Waals surface area contributed by atoms with E-state index < -0.39 is 0 Å². The molecule has 1 N–H and O–H groups in total. The molecular weight excluding hydrogens is 318 g/mol. The Morgan fingerprint density at radius 3 is 2.72 bits per heavy atom. The Bertz CT molecular complexity index is 654. The minimum absolute atomic E-state index is 0.0177. The highest BCUT2D eigenvalue weighted by Crippen LogP contribution is 2.21. The van der Waals surface area contributed by atoms with Crippen LogP contribution in [0.1, 0.15) is 38.4 Å². The maximum absolute atomic E-state index is 12.7. The molecule has 0 bridgehead atoms. The topological polar surface area (TPSA) is 70.5 Å². The first-order chi connectivity index (χ1) is 11.9. The molecule has 2 saturated heterocycles. The third-order valence-corrected chi connectivity index (χ3v) is 5.14. The summed E-state index contributed by atoms with van der Waals surface area (Å²) in [4.78, 5) is 29.2. The van der Waals surface area contributed by atoms with Gasteiger partial charge in [0.2, 0.25) is 11.8 Å². The van der Waals surface area contributed by atoms with Gasteiger partial charge in [-0.3, -0.25) is 19.2 Å². The predicted octanol–water partition coefficient (Wildman–Crippen LogP) is 0.769. The van der Waals surface area contributed by atoms with Gasteiger partial charge in [-0.2, -0.15) is 5.10 Å². The highest BCUT2D eigenvalue weighted by Gasteiger charge is 2.43. The van der Waals surface area contributed by atoms with E-state index >= 15 is 0 Å². The summed E-state index contributed by atoms with van der Waals surface area (Å²) in [6, 6.07) is -0.730. The van der Waals surface area contributed by atoms with E-state index in [1.54, 1.807) is 4.90 Å². The smallest absolute Gasteiger partial charge is 0.245 e. The molecule has 0 saturated carbocycles. The molecule has 0 aromatic carbocycles. The molecule has 3 heterocycles. The van der Waals surface area contributed by atoms with Crippen LogP contribution in [0.25, 0.3) is 0 Å². The fraction of sp³-hybridized carbons (Fsp3) is 0.722. The summed E-state index contributed by atoms with van der Waals surface area (Å²) >= 11 is 0. The Morgan fingerprint density at radius 1 is 1.32 bits per heavy atom. The van der Waals surface area contributed by atoms with E-state index in [0.29, 0.717) is 25.4 Å². The molecule has 0 aliphatic carbocycles. The van der Waals surface area contributed by atoms with Gasteiger partial charge in [0.1, 0.15) is 12.1 Å². The molecule has 25 heavy (non-hydrogen) atoms. The molecule has 7 nitrogen and oxygen atoms in total. The molecule has 7 heteroatoms. The number of rotatable bonds is 5. The third-order valence-electron chi connectivity index (χ3n) is 5.14. The summed E-state index contributed by atoms with van der Waals surface area (Å²) in [5.41, 5.74) is 2.22. The van der Waals surface area contributed by atoms with Gasteiger partial charge >= 0.3 is 0 Å². The van der Waals surface area contributed by atoms with Gasteiger partial charge in [-0.05, 0) is 26.2 Å². The Labute approximate surface area is 149 Å². The van der Waals surface area contributed by atoms with Crippen molar-refractivity contribution in [1.29, 1.82) is 0 Å². The molecule has 1 aromatic heterocycles. The van der Waals surface area contributed by atoms with Gasteiger partial charge in [0.05, 0.1) is 5.69 Å². The number of aryl methyl sites for hydroxylation is 2. The maximum Gasteiger partial charge on any atom is 0.245 e. The molecule has 0 radical (unpaired) electrons. The largest absolute Gasteiger partial charge is 0.342 e. The number of nitrogens with zero attached hydrogens (tertiary/aromatic N) is 4. The predicted molar refractivity (Wildman–Crippen MR) is 94.8 cm³/mol. The second-order valence-corrected chi connectivity index (χ2v) is 7.57. The van der Waals surface area contributed by atoms with E-state index in [0.717, 1.165) is 25.3 Å². The number of piperazine rings is 2. The van der Waals surface area contributed by atoms with E-state index in [9.17, 15) is 9.59 Å². The van der Waals surface area contributed by atoms with Crippen molar-refractivity contribution in [3.05, 3.63) is 17.5 Å². The number of fused-ring (bicyclic) bond motifs is 1. The third kappa shape index (κ3) is 3.71. The van der Waals surface area contributed by atoms with Crippen molar-refractivity contribution in [2.45, 2.75) is 59.3 Å². The van der Waals surface area contributed by atoms with Crippen LogP contribution in [-0.2, 0) is 22.7 Å². The molecule has 2 atom stereocenters. The average molecular weight is 347 g/mol. The molecule has 0 unspecified atom stereocenters. The number of carbonyl (C=O) groups excluding carboxylic acids is 2. The molecule has 2 fully saturated rings. The molecule has 2 aliphatic heterocycles. The lowest BCUT2D eigenvalue weighted by atomic mass is 9.97. The maximum atomic E-state index is 12.7. The van der Waals surface area contributed by atoms with Crippen LogP contribution in [0, 0.1) is 12.8 Å². The average Bonchev–Trinajstić information content (AvgIpc) is 2.92. The molecule has 1 aromatic rings. The van der Waals surface area contributed by atoms with E-state index in [1.807, 2.05) is 11.6 Å². The highest BCUT2D eigenvalue weighted by molar-refractivity contribution is 5.97. The van der Waals surface area contributed by atoms with Crippen LogP contribution < -0.4 is 5.32 Å². The fourth-order valence-corrected chi connectivity index (χ4v) is 3.75. The van der Waals surface area contributed by atoms with Gasteiger partial charge in [0.15, 0.2) is 0 Å². The van der Waals surface area contributed by atoms with Crippen molar-refractivity contribution in [3.8, 4) is 0 Å². The molecule has 3 rings (SSSR count). The number of amides is 2. The summed E-state index contributed by atoms with van der Waals surface area (Å²) in [6.45, 7) is 11.9. The standard InChI is InChI=1S/C18H29N5O2/c1-5-22-10-14(13(4)20-22)9-21-6-7-23-16(11-21)17(24)19-15(18(23)25)8-12(2)3/h10,12,15-16H,5-9,11H2,1-4H3,(H,19,24)/t15-,16+/m0/s1. The van der Waals surface area contributed by atoms with E-state index in [1.165, 1.54) is 5.56 Å². The van der Waals surface area contributed by atoms with Crippen molar-refractivity contribution in [2.24, 2.45) is 5.92 Å². The van der Waals surface area contributed by atoms with E-state index in [4.69, 9.17) is 0 Å². The highest BCUT2D eigenvalue weighted by atomic mass is 16.2. The lowest BCUT2D eigenvalue weighted by molar-refractivity contribution is -0.153. The Morgan fingerprint density at radius 2 is 2.08 bits per heavy atom. The summed E-state index contributed by atoms with van der Waals surface area (Å²) in [7, 11) is 0. The van der Waals surface area contributed by atoms with Crippen molar-refractivity contribution in [2.75, 3.05) is 19.6 Å². The quantitative estimate of drug-likeness (QED) is 0.854. The number of hydrogen-bond donors (Lipinski definition) is 1.